The molecule has 6 nitrogen and oxygen atoms in total. The fourth-order valence-electron chi connectivity index (χ4n) is 3.06. The van der Waals surface area contributed by atoms with Crippen LogP contribution in [0.15, 0.2) is 30.3 Å². The first kappa shape index (κ1) is 15.7. The number of aromatic nitrogens is 3. The lowest BCUT2D eigenvalue weighted by Gasteiger charge is -2.32. The predicted octanol–water partition coefficient (Wildman–Crippen LogP) is 1.87. The van der Waals surface area contributed by atoms with Crippen molar-refractivity contribution in [1.82, 2.24) is 19.9 Å². The first-order valence-corrected chi connectivity index (χ1v) is 7.97. The van der Waals surface area contributed by atoms with Crippen LogP contribution in [0.5, 0.6) is 0 Å². The largest absolute Gasteiger partial charge is 0.376 e. The van der Waals surface area contributed by atoms with Crippen LogP contribution in [0, 0.1) is 0 Å². The molecular weight excluding hydrogens is 292 g/mol. The highest BCUT2D eigenvalue weighted by atomic mass is 16.5. The smallest absolute Gasteiger partial charge is 0.222 e. The van der Waals surface area contributed by atoms with E-state index in [1.165, 1.54) is 0 Å². The zero-order valence-electron chi connectivity index (χ0n) is 13.6. The van der Waals surface area contributed by atoms with Gasteiger partial charge in [0.25, 0.3) is 0 Å². The Morgan fingerprint density at radius 1 is 1.35 bits per heavy atom. The number of rotatable bonds is 5. The number of benzene rings is 1. The van der Waals surface area contributed by atoms with Gasteiger partial charge in [-0.15, -0.1) is 5.10 Å². The van der Waals surface area contributed by atoms with Crippen LogP contribution in [0.3, 0.4) is 0 Å². The van der Waals surface area contributed by atoms with Crippen LogP contribution in [0.1, 0.15) is 36.2 Å². The number of hydrogen-bond donors (Lipinski definition) is 0. The van der Waals surface area contributed by atoms with E-state index in [4.69, 9.17) is 4.74 Å². The van der Waals surface area contributed by atoms with Crippen LogP contribution in [-0.4, -0.2) is 39.0 Å². The average molecular weight is 314 g/mol. The zero-order valence-corrected chi connectivity index (χ0v) is 13.6. The minimum Gasteiger partial charge on any atom is -0.376 e. The first-order chi connectivity index (χ1) is 11.2. The Bertz CT molecular complexity index is 668. The lowest BCUT2D eigenvalue weighted by molar-refractivity contribution is -0.132. The summed E-state index contributed by atoms with van der Waals surface area (Å²) in [6, 6.07) is 10.1. The van der Waals surface area contributed by atoms with Gasteiger partial charge in [-0.25, -0.2) is 0 Å². The minimum absolute atomic E-state index is 0.109. The summed E-state index contributed by atoms with van der Waals surface area (Å²) in [4.78, 5) is 13.9. The van der Waals surface area contributed by atoms with Crippen LogP contribution < -0.4 is 0 Å². The molecule has 0 unspecified atom stereocenters. The van der Waals surface area contributed by atoms with Gasteiger partial charge in [-0.3, -0.25) is 9.48 Å². The predicted molar refractivity (Wildman–Crippen MR) is 85.6 cm³/mol. The molecule has 0 spiro atoms. The van der Waals surface area contributed by atoms with Gasteiger partial charge in [0.1, 0.15) is 5.69 Å². The van der Waals surface area contributed by atoms with E-state index >= 15 is 0 Å². The Balaban J connectivity index is 1.69. The molecule has 0 aliphatic carbocycles. The van der Waals surface area contributed by atoms with Crippen molar-refractivity contribution < 1.29 is 9.53 Å². The molecule has 122 valence electrons. The number of carbonyl (C=O) groups is 1. The van der Waals surface area contributed by atoms with Crippen LogP contribution in [0.2, 0.25) is 0 Å². The van der Waals surface area contributed by atoms with Crippen molar-refractivity contribution in [3.8, 4) is 0 Å². The summed E-state index contributed by atoms with van der Waals surface area (Å²) < 4.78 is 7.70. The Labute approximate surface area is 136 Å². The van der Waals surface area contributed by atoms with Crippen molar-refractivity contribution in [3.05, 3.63) is 47.3 Å². The number of carbonyl (C=O) groups excluding carboxylic acids is 1. The first-order valence-electron chi connectivity index (χ1n) is 7.97. The lowest BCUT2D eigenvalue weighted by Crippen LogP contribution is -2.39. The monoisotopic (exact) mass is 314 g/mol. The van der Waals surface area contributed by atoms with E-state index in [1.807, 2.05) is 49.2 Å². The van der Waals surface area contributed by atoms with E-state index in [1.54, 1.807) is 4.68 Å². The third kappa shape index (κ3) is 3.42. The molecule has 1 aromatic carbocycles. The topological polar surface area (TPSA) is 60.2 Å². The van der Waals surface area contributed by atoms with Gasteiger partial charge >= 0.3 is 0 Å². The van der Waals surface area contributed by atoms with Gasteiger partial charge in [0.2, 0.25) is 5.91 Å². The summed E-state index contributed by atoms with van der Waals surface area (Å²) >= 11 is 0. The second kappa shape index (κ2) is 6.91. The molecule has 0 fully saturated rings. The number of ether oxygens (including phenoxy) is 1. The SMILES string of the molecule is CCC(=O)N1Cc2nnn(C)c2[C@@H](COCc2ccccc2)C1. The molecule has 6 heteroatoms. The molecule has 0 radical (unpaired) electrons. The molecule has 0 saturated heterocycles. The van der Waals surface area contributed by atoms with Crippen LogP contribution in [-0.2, 0) is 29.7 Å². The Kier molecular flexibility index (Phi) is 4.71. The second-order valence-corrected chi connectivity index (χ2v) is 5.87. The number of amides is 1. The third-order valence-electron chi connectivity index (χ3n) is 4.20. The summed E-state index contributed by atoms with van der Waals surface area (Å²) in [6.07, 6.45) is 0.507. The van der Waals surface area contributed by atoms with Gasteiger partial charge in [-0.2, -0.15) is 0 Å². The molecule has 23 heavy (non-hydrogen) atoms. The highest BCUT2D eigenvalue weighted by Crippen LogP contribution is 2.27. The van der Waals surface area contributed by atoms with Crippen molar-refractivity contribution in [2.24, 2.45) is 7.05 Å². The summed E-state index contributed by atoms with van der Waals surface area (Å²) in [5, 5.41) is 8.31. The molecule has 1 aliphatic rings. The fraction of sp³-hybridized carbons (Fsp3) is 0.471. The van der Waals surface area contributed by atoms with Crippen molar-refractivity contribution in [3.63, 3.8) is 0 Å². The Hall–Kier alpha value is -2.21. The number of hydrogen-bond acceptors (Lipinski definition) is 4. The summed E-state index contributed by atoms with van der Waals surface area (Å²) in [5.74, 6) is 0.257. The van der Waals surface area contributed by atoms with Crippen molar-refractivity contribution in [2.45, 2.75) is 32.4 Å². The highest BCUT2D eigenvalue weighted by molar-refractivity contribution is 5.76. The van der Waals surface area contributed by atoms with Crippen LogP contribution in [0.25, 0.3) is 0 Å². The molecule has 1 atom stereocenters. The van der Waals surface area contributed by atoms with Gasteiger partial charge in [0.15, 0.2) is 0 Å². The van der Waals surface area contributed by atoms with Crippen molar-refractivity contribution in [1.29, 1.82) is 0 Å². The standard InChI is InChI=1S/C17H22N4O2/c1-3-16(22)21-9-14(17-15(10-21)18-19-20(17)2)12-23-11-13-7-5-4-6-8-13/h4-8,14H,3,9-12H2,1-2H3/t14-/m1/s1. The van der Waals surface area contributed by atoms with E-state index in [9.17, 15) is 4.79 Å². The van der Waals surface area contributed by atoms with Gasteiger partial charge < -0.3 is 9.64 Å². The van der Waals surface area contributed by atoms with Gasteiger partial charge in [0, 0.05) is 25.9 Å². The maximum absolute atomic E-state index is 12.1. The number of aryl methyl sites for hydroxylation is 1. The lowest BCUT2D eigenvalue weighted by atomic mass is 9.98. The quantitative estimate of drug-likeness (QED) is 0.845. The van der Waals surface area contributed by atoms with E-state index < -0.39 is 0 Å². The Morgan fingerprint density at radius 3 is 2.87 bits per heavy atom. The van der Waals surface area contributed by atoms with E-state index in [0.717, 1.165) is 17.0 Å². The van der Waals surface area contributed by atoms with Gasteiger partial charge in [-0.1, -0.05) is 42.5 Å². The second-order valence-electron chi connectivity index (χ2n) is 5.87. The fourth-order valence-corrected chi connectivity index (χ4v) is 3.06. The van der Waals surface area contributed by atoms with Crippen LogP contribution in [0.4, 0.5) is 0 Å². The summed E-state index contributed by atoms with van der Waals surface area (Å²) in [7, 11) is 1.90. The number of nitrogens with zero attached hydrogens (tertiary/aromatic N) is 4. The molecule has 2 aromatic rings. The average Bonchev–Trinajstić information content (AvgIpc) is 2.96. The summed E-state index contributed by atoms with van der Waals surface area (Å²) in [5.41, 5.74) is 3.11. The maximum atomic E-state index is 12.1. The molecular formula is C17H22N4O2. The van der Waals surface area contributed by atoms with Crippen molar-refractivity contribution >= 4 is 5.91 Å². The molecule has 1 amide bonds. The highest BCUT2D eigenvalue weighted by Gasteiger charge is 2.31. The molecule has 2 heterocycles. The zero-order chi connectivity index (χ0) is 16.2. The molecule has 0 saturated carbocycles. The van der Waals surface area contributed by atoms with Gasteiger partial charge in [-0.05, 0) is 5.56 Å². The van der Waals surface area contributed by atoms with E-state index in [0.29, 0.717) is 32.7 Å². The van der Waals surface area contributed by atoms with Crippen molar-refractivity contribution in [2.75, 3.05) is 13.2 Å². The molecule has 1 aliphatic heterocycles. The third-order valence-corrected chi connectivity index (χ3v) is 4.20. The minimum atomic E-state index is 0.109. The number of fused-ring (bicyclic) bond motifs is 1. The molecule has 0 N–H and O–H groups in total. The van der Waals surface area contributed by atoms with Crippen LogP contribution >= 0.6 is 0 Å². The van der Waals surface area contributed by atoms with E-state index in [-0.39, 0.29) is 11.8 Å². The van der Waals surface area contributed by atoms with Gasteiger partial charge in [0.05, 0.1) is 25.5 Å². The molecule has 1 aromatic heterocycles. The normalized spacial score (nSPS) is 17.1. The molecule has 3 rings (SSSR count). The maximum Gasteiger partial charge on any atom is 0.222 e. The van der Waals surface area contributed by atoms with E-state index in [2.05, 4.69) is 10.3 Å². The molecule has 0 bridgehead atoms. The summed E-state index contributed by atoms with van der Waals surface area (Å²) in [6.45, 7) is 4.21. The Morgan fingerprint density at radius 2 is 2.13 bits per heavy atom.